The van der Waals surface area contributed by atoms with Crippen molar-refractivity contribution in [2.75, 3.05) is 42.9 Å². The second kappa shape index (κ2) is 8.71. The van der Waals surface area contributed by atoms with Crippen LogP contribution in [0, 0.1) is 35.3 Å². The summed E-state index contributed by atoms with van der Waals surface area (Å²) in [4.78, 5) is 27.0. The zero-order valence-corrected chi connectivity index (χ0v) is 16.5. The third-order valence-corrected chi connectivity index (χ3v) is 5.14. The Balaban J connectivity index is 1.59. The van der Waals surface area contributed by atoms with Gasteiger partial charge in [0.2, 0.25) is 5.91 Å². The number of nitro groups is 1. The van der Waals surface area contributed by atoms with Gasteiger partial charge in [-0.3, -0.25) is 19.8 Å². The van der Waals surface area contributed by atoms with Gasteiger partial charge in [0, 0.05) is 44.0 Å². The van der Waals surface area contributed by atoms with Gasteiger partial charge in [-0.05, 0) is 31.0 Å². The molecule has 0 aromatic heterocycles. The quantitative estimate of drug-likeness (QED) is 0.619. The van der Waals surface area contributed by atoms with Crippen LogP contribution in [0.5, 0.6) is 0 Å². The van der Waals surface area contributed by atoms with Gasteiger partial charge in [-0.15, -0.1) is 0 Å². The van der Waals surface area contributed by atoms with Crippen molar-refractivity contribution in [3.05, 3.63) is 63.2 Å². The van der Waals surface area contributed by atoms with E-state index in [1.807, 2.05) is 43.0 Å². The molecule has 2 aromatic carbocycles. The van der Waals surface area contributed by atoms with Gasteiger partial charge in [-0.25, -0.2) is 0 Å². The predicted molar refractivity (Wildman–Crippen MR) is 111 cm³/mol. The van der Waals surface area contributed by atoms with Gasteiger partial charge in [0.1, 0.15) is 6.07 Å². The summed E-state index contributed by atoms with van der Waals surface area (Å²) in [6, 6.07) is 12.3. The third kappa shape index (κ3) is 4.70. The maximum Gasteiger partial charge on any atom is 0.270 e. The summed E-state index contributed by atoms with van der Waals surface area (Å²) < 4.78 is 0. The van der Waals surface area contributed by atoms with Gasteiger partial charge < -0.3 is 10.2 Å². The van der Waals surface area contributed by atoms with Gasteiger partial charge in [-0.2, -0.15) is 5.26 Å². The van der Waals surface area contributed by atoms with Crippen molar-refractivity contribution in [2.45, 2.75) is 13.8 Å². The molecular weight excluding hydrogens is 370 g/mol. The van der Waals surface area contributed by atoms with Crippen LogP contribution in [0.1, 0.15) is 16.7 Å². The van der Waals surface area contributed by atoms with E-state index in [9.17, 15) is 20.2 Å². The fraction of sp³-hybridized carbons (Fsp3) is 0.333. The average molecular weight is 393 g/mol. The standard InChI is InChI=1S/C21H23N5O3/c1-15-4-3-5-16(2)21(15)23-20(27)14-24-8-10-25(11-9-24)19-7-6-18(26(28)29)12-17(19)13-22/h3-7,12H,8-11,14H2,1-2H3,(H,23,27). The summed E-state index contributed by atoms with van der Waals surface area (Å²) in [5.74, 6) is -0.0519. The van der Waals surface area contributed by atoms with E-state index >= 15 is 0 Å². The van der Waals surface area contributed by atoms with Crippen molar-refractivity contribution in [3.63, 3.8) is 0 Å². The molecule has 2 aromatic rings. The molecule has 1 aliphatic heterocycles. The monoisotopic (exact) mass is 393 g/mol. The molecule has 1 N–H and O–H groups in total. The smallest absolute Gasteiger partial charge is 0.270 e. The number of hydrogen-bond acceptors (Lipinski definition) is 6. The van der Waals surface area contributed by atoms with Gasteiger partial charge >= 0.3 is 0 Å². The first-order valence-electron chi connectivity index (χ1n) is 9.41. The molecule has 1 amide bonds. The number of para-hydroxylation sites is 1. The number of nitrogens with zero attached hydrogens (tertiary/aromatic N) is 4. The minimum atomic E-state index is -0.503. The maximum atomic E-state index is 12.5. The second-order valence-corrected chi connectivity index (χ2v) is 7.15. The van der Waals surface area contributed by atoms with E-state index in [4.69, 9.17) is 0 Å². The first-order valence-corrected chi connectivity index (χ1v) is 9.41. The molecule has 8 heteroatoms. The van der Waals surface area contributed by atoms with Crippen LogP contribution < -0.4 is 10.2 Å². The Bertz CT molecular complexity index is 955. The highest BCUT2D eigenvalue weighted by atomic mass is 16.6. The number of anilines is 2. The van der Waals surface area contributed by atoms with Crippen molar-refractivity contribution in [1.82, 2.24) is 4.90 Å². The van der Waals surface area contributed by atoms with Crippen molar-refractivity contribution in [3.8, 4) is 6.07 Å². The lowest BCUT2D eigenvalue weighted by molar-refractivity contribution is -0.384. The van der Waals surface area contributed by atoms with E-state index < -0.39 is 4.92 Å². The van der Waals surface area contributed by atoms with E-state index in [1.54, 1.807) is 6.07 Å². The van der Waals surface area contributed by atoms with Crippen LogP contribution in [0.25, 0.3) is 0 Å². The van der Waals surface area contributed by atoms with E-state index in [2.05, 4.69) is 10.2 Å². The fourth-order valence-electron chi connectivity index (χ4n) is 3.54. The molecule has 0 spiro atoms. The number of aryl methyl sites for hydroxylation is 2. The van der Waals surface area contributed by atoms with Crippen LogP contribution in [0.3, 0.4) is 0 Å². The fourth-order valence-corrected chi connectivity index (χ4v) is 3.54. The third-order valence-electron chi connectivity index (χ3n) is 5.14. The molecule has 0 unspecified atom stereocenters. The number of carbonyl (C=O) groups excluding carboxylic acids is 1. The summed E-state index contributed by atoms with van der Waals surface area (Å²) in [7, 11) is 0. The van der Waals surface area contributed by atoms with E-state index in [1.165, 1.54) is 12.1 Å². The van der Waals surface area contributed by atoms with Crippen LogP contribution in [-0.4, -0.2) is 48.5 Å². The Morgan fingerprint density at radius 2 is 1.83 bits per heavy atom. The first kappa shape index (κ1) is 20.3. The molecule has 3 rings (SSSR count). The Kier molecular flexibility index (Phi) is 6.10. The van der Waals surface area contributed by atoms with Crippen LogP contribution in [0.2, 0.25) is 0 Å². The molecule has 1 heterocycles. The molecule has 0 atom stereocenters. The summed E-state index contributed by atoms with van der Waals surface area (Å²) in [6.45, 7) is 6.86. The van der Waals surface area contributed by atoms with Gasteiger partial charge in [0.05, 0.1) is 22.7 Å². The molecule has 29 heavy (non-hydrogen) atoms. The number of carbonyl (C=O) groups is 1. The molecule has 0 bridgehead atoms. The maximum absolute atomic E-state index is 12.5. The lowest BCUT2D eigenvalue weighted by Gasteiger charge is -2.36. The van der Waals surface area contributed by atoms with Gasteiger partial charge in [0.15, 0.2) is 0 Å². The zero-order chi connectivity index (χ0) is 21.0. The minimum Gasteiger partial charge on any atom is -0.368 e. The van der Waals surface area contributed by atoms with Crippen LogP contribution in [0.4, 0.5) is 17.1 Å². The minimum absolute atomic E-state index is 0.0519. The molecule has 1 saturated heterocycles. The average Bonchev–Trinajstić information content (AvgIpc) is 2.71. The van der Waals surface area contributed by atoms with Crippen LogP contribution in [-0.2, 0) is 4.79 Å². The zero-order valence-electron chi connectivity index (χ0n) is 16.5. The number of piperazine rings is 1. The molecular formula is C21H23N5O3. The lowest BCUT2D eigenvalue weighted by Crippen LogP contribution is -2.48. The number of amides is 1. The van der Waals surface area contributed by atoms with Crippen molar-refractivity contribution in [2.24, 2.45) is 0 Å². The number of non-ortho nitro benzene ring substituents is 1. The first-order chi connectivity index (χ1) is 13.9. The molecule has 150 valence electrons. The Labute approximate surface area is 169 Å². The molecule has 0 saturated carbocycles. The Morgan fingerprint density at radius 3 is 2.41 bits per heavy atom. The summed E-state index contributed by atoms with van der Waals surface area (Å²) in [5, 5.41) is 23.3. The second-order valence-electron chi connectivity index (χ2n) is 7.15. The number of nitrogens with one attached hydrogen (secondary N) is 1. The van der Waals surface area contributed by atoms with Crippen molar-refractivity contribution < 1.29 is 9.72 Å². The summed E-state index contributed by atoms with van der Waals surface area (Å²) in [5.41, 5.74) is 3.82. The van der Waals surface area contributed by atoms with E-state index in [0.29, 0.717) is 44.0 Å². The highest BCUT2D eigenvalue weighted by Crippen LogP contribution is 2.26. The normalized spacial score (nSPS) is 14.3. The lowest BCUT2D eigenvalue weighted by atomic mass is 10.1. The van der Waals surface area contributed by atoms with Gasteiger partial charge in [0.25, 0.3) is 5.69 Å². The number of nitriles is 1. The summed E-state index contributed by atoms with van der Waals surface area (Å²) >= 11 is 0. The Morgan fingerprint density at radius 1 is 1.17 bits per heavy atom. The summed E-state index contributed by atoms with van der Waals surface area (Å²) in [6.07, 6.45) is 0. The van der Waals surface area contributed by atoms with Crippen LogP contribution >= 0.6 is 0 Å². The predicted octanol–water partition coefficient (Wildman–Crippen LogP) is 2.84. The molecule has 0 radical (unpaired) electrons. The topological polar surface area (TPSA) is 103 Å². The Hall–Kier alpha value is -3.44. The van der Waals surface area contributed by atoms with E-state index in [-0.39, 0.29) is 11.6 Å². The highest BCUT2D eigenvalue weighted by Gasteiger charge is 2.22. The number of rotatable bonds is 5. The highest BCUT2D eigenvalue weighted by molar-refractivity contribution is 5.93. The number of nitro benzene ring substituents is 1. The number of hydrogen-bond donors (Lipinski definition) is 1. The SMILES string of the molecule is Cc1cccc(C)c1NC(=O)CN1CCN(c2ccc([N+](=O)[O-])cc2C#N)CC1. The van der Waals surface area contributed by atoms with E-state index in [0.717, 1.165) is 16.8 Å². The van der Waals surface area contributed by atoms with Gasteiger partial charge in [-0.1, -0.05) is 18.2 Å². The molecule has 8 nitrogen and oxygen atoms in total. The molecule has 0 aliphatic carbocycles. The number of benzene rings is 2. The van der Waals surface area contributed by atoms with Crippen LogP contribution in [0.15, 0.2) is 36.4 Å². The largest absolute Gasteiger partial charge is 0.368 e. The van der Waals surface area contributed by atoms with Crippen molar-refractivity contribution in [1.29, 1.82) is 5.26 Å². The molecule has 1 aliphatic rings. The van der Waals surface area contributed by atoms with Crippen molar-refractivity contribution >= 4 is 23.0 Å². The molecule has 1 fully saturated rings.